The predicted octanol–water partition coefficient (Wildman–Crippen LogP) is 9.25. The van der Waals surface area contributed by atoms with E-state index in [1.807, 2.05) is 113 Å². The number of nitrogens with zero attached hydrogens (tertiary/aromatic N) is 1. The fraction of sp³-hybridized carbons (Fsp3) is 0.548. The maximum absolute atomic E-state index is 12.0. The first kappa shape index (κ1) is 49.0. The van der Waals surface area contributed by atoms with Crippen LogP contribution in [0.1, 0.15) is 122 Å². The minimum Gasteiger partial charge on any atom is -0.508 e. The molecular formula is C42H69N3O5S2. The summed E-state index contributed by atoms with van der Waals surface area (Å²) in [5, 5.41) is 28.2. The second-order valence-electron chi connectivity index (χ2n) is 15.5. The molecule has 3 rings (SSSR count). The Labute approximate surface area is 321 Å². The van der Waals surface area contributed by atoms with Gasteiger partial charge in [0.2, 0.25) is 0 Å². The van der Waals surface area contributed by atoms with E-state index in [0.29, 0.717) is 17.2 Å². The van der Waals surface area contributed by atoms with Crippen LogP contribution in [0.4, 0.5) is 0 Å². The van der Waals surface area contributed by atoms with Gasteiger partial charge in [-0.3, -0.25) is 0 Å². The number of phenols is 3. The van der Waals surface area contributed by atoms with E-state index < -0.39 is 22.0 Å². The van der Waals surface area contributed by atoms with Crippen molar-refractivity contribution in [3.05, 3.63) is 88.0 Å². The van der Waals surface area contributed by atoms with E-state index in [4.69, 9.17) is 5.73 Å². The highest BCUT2D eigenvalue weighted by Crippen LogP contribution is 2.21. The molecule has 0 radical (unpaired) electrons. The molecule has 52 heavy (non-hydrogen) atoms. The number of aryl methyl sites for hydroxylation is 6. The zero-order valence-corrected chi connectivity index (χ0v) is 34.7. The van der Waals surface area contributed by atoms with Crippen LogP contribution in [0, 0.1) is 20.8 Å². The molecule has 294 valence electrons. The number of nitrogens with two attached hydrogens (primary N) is 1. The molecule has 3 aromatic carbocycles. The van der Waals surface area contributed by atoms with Crippen LogP contribution in [0.2, 0.25) is 0 Å². The lowest BCUT2D eigenvalue weighted by Crippen LogP contribution is -2.38. The summed E-state index contributed by atoms with van der Waals surface area (Å²) in [5.41, 5.74) is 12.9. The predicted molar refractivity (Wildman–Crippen MR) is 225 cm³/mol. The van der Waals surface area contributed by atoms with Crippen LogP contribution in [0.15, 0.2) is 59.0 Å². The molecule has 0 aliphatic heterocycles. The highest BCUT2D eigenvalue weighted by molar-refractivity contribution is 7.85. The maximum atomic E-state index is 12.0. The smallest absolute Gasteiger partial charge is 0.144 e. The van der Waals surface area contributed by atoms with E-state index in [1.165, 1.54) is 11.1 Å². The van der Waals surface area contributed by atoms with Crippen LogP contribution < -0.4 is 10.5 Å². The van der Waals surface area contributed by atoms with Crippen molar-refractivity contribution in [2.45, 2.75) is 151 Å². The van der Waals surface area contributed by atoms with Gasteiger partial charge >= 0.3 is 0 Å². The minimum atomic E-state index is -1.19. The van der Waals surface area contributed by atoms with Crippen molar-refractivity contribution >= 4 is 27.7 Å². The van der Waals surface area contributed by atoms with Crippen LogP contribution in [0.25, 0.3) is 0 Å². The van der Waals surface area contributed by atoms with Gasteiger partial charge in [-0.15, -0.1) is 0 Å². The van der Waals surface area contributed by atoms with Crippen LogP contribution in [-0.4, -0.2) is 51.0 Å². The number of benzene rings is 3. The van der Waals surface area contributed by atoms with E-state index >= 15 is 0 Å². The molecule has 0 saturated carbocycles. The van der Waals surface area contributed by atoms with Crippen LogP contribution in [0.3, 0.4) is 0 Å². The van der Waals surface area contributed by atoms with Gasteiger partial charge in [-0.2, -0.15) is 4.40 Å². The van der Waals surface area contributed by atoms with E-state index in [1.54, 1.807) is 18.2 Å². The molecule has 8 nitrogen and oxygen atoms in total. The first-order valence-corrected chi connectivity index (χ1v) is 20.0. The second kappa shape index (κ2) is 22.9. The summed E-state index contributed by atoms with van der Waals surface area (Å²) in [6.45, 7) is 23.3. The van der Waals surface area contributed by atoms with Crippen molar-refractivity contribution in [2.24, 2.45) is 10.1 Å². The number of aromatic hydroxyl groups is 3. The molecule has 0 amide bonds. The Morgan fingerprint density at radius 2 is 1.10 bits per heavy atom. The zero-order valence-electron chi connectivity index (χ0n) is 33.1. The Balaban J connectivity index is 0.000000757. The van der Waals surface area contributed by atoms with E-state index in [2.05, 4.69) is 16.0 Å². The van der Waals surface area contributed by atoms with Gasteiger partial charge < -0.3 is 21.1 Å². The Hall–Kier alpha value is -3.05. The highest BCUT2D eigenvalue weighted by atomic mass is 32.2. The Bertz CT molecular complexity index is 1610. The van der Waals surface area contributed by atoms with Gasteiger partial charge in [0.15, 0.2) is 0 Å². The zero-order chi connectivity index (χ0) is 39.1. The first-order valence-electron chi connectivity index (χ1n) is 17.7. The van der Waals surface area contributed by atoms with Gasteiger partial charge in [-0.25, -0.2) is 13.1 Å². The average Bonchev–Trinajstić information content (AvgIpc) is 3.02. The molecule has 0 aliphatic carbocycles. The summed E-state index contributed by atoms with van der Waals surface area (Å²) in [7, 11) is -2.21. The van der Waals surface area contributed by atoms with Crippen molar-refractivity contribution < 1.29 is 23.7 Å². The normalized spacial score (nSPS) is 14.1. The number of hydrogen-bond donors (Lipinski definition) is 5. The van der Waals surface area contributed by atoms with Gasteiger partial charge in [0.05, 0.1) is 20.5 Å². The fourth-order valence-corrected chi connectivity index (χ4v) is 5.95. The molecule has 0 heterocycles. The number of nitrogens with one attached hydrogen (secondary N) is 1. The third-order valence-corrected chi connectivity index (χ3v) is 11.2. The quantitative estimate of drug-likeness (QED) is 0.116. The van der Waals surface area contributed by atoms with Crippen LogP contribution in [-0.2, 0) is 41.2 Å². The summed E-state index contributed by atoms with van der Waals surface area (Å²) >= 11 is 0. The Morgan fingerprint density at radius 1 is 0.712 bits per heavy atom. The van der Waals surface area contributed by atoms with Crippen molar-refractivity contribution in [3.63, 3.8) is 0 Å². The molecule has 0 saturated heterocycles. The molecule has 0 spiro atoms. The van der Waals surface area contributed by atoms with E-state index in [9.17, 15) is 23.7 Å². The van der Waals surface area contributed by atoms with Crippen molar-refractivity contribution in [3.8, 4) is 17.2 Å². The van der Waals surface area contributed by atoms with Gasteiger partial charge in [0.25, 0.3) is 0 Å². The van der Waals surface area contributed by atoms with Crippen molar-refractivity contribution in [1.82, 2.24) is 4.72 Å². The van der Waals surface area contributed by atoms with E-state index in [0.717, 1.165) is 66.5 Å². The monoisotopic (exact) mass is 759 g/mol. The maximum Gasteiger partial charge on any atom is 0.144 e. The second-order valence-corrected chi connectivity index (χ2v) is 19.4. The average molecular weight is 760 g/mol. The lowest BCUT2D eigenvalue weighted by Gasteiger charge is -2.22. The molecule has 0 bridgehead atoms. The van der Waals surface area contributed by atoms with Crippen LogP contribution in [0.5, 0.6) is 17.2 Å². The Kier molecular flexibility index (Phi) is 21.5. The molecule has 0 aromatic heterocycles. The summed E-state index contributed by atoms with van der Waals surface area (Å²) in [6, 6.07) is 17.4. The minimum absolute atomic E-state index is 0. The third kappa shape index (κ3) is 19.7. The largest absolute Gasteiger partial charge is 0.508 e. The SMILES string of the molecule is C.CC(CCc1ccc(O)c(C)c1)=N[S@](=O)C(C)(C)C.Cc1cc(CC[C@@H](C)N)ccc1O.Cc1cc(CC[C@@H](C)N[S@](=O)C(C)(C)C)ccc1O. The molecule has 0 unspecified atom stereocenters. The number of hydrogen-bond acceptors (Lipinski definition) is 6. The summed E-state index contributed by atoms with van der Waals surface area (Å²) in [6.07, 6.45) is 5.44. The molecule has 4 atom stereocenters. The molecular weight excluding hydrogens is 691 g/mol. The summed E-state index contributed by atoms with van der Waals surface area (Å²) in [5.74, 6) is 1.02. The van der Waals surface area contributed by atoms with Gasteiger partial charge in [-0.1, -0.05) is 43.8 Å². The van der Waals surface area contributed by atoms with Crippen LogP contribution >= 0.6 is 0 Å². The molecule has 3 aromatic rings. The molecule has 10 heteroatoms. The lowest BCUT2D eigenvalue weighted by molar-refractivity contribution is 0.470. The lowest BCUT2D eigenvalue weighted by atomic mass is 10.0. The standard InChI is InChI=1S/C15H25NO2S.C15H23NO2S.C11H17NO.CH4/c2*1-11-10-13(8-9-14(11)17)7-6-12(2)16-19(18)15(3,4)5;1-8-7-10(4-3-9(2)12)5-6-11(8)13;/h8-10,12,16-17H,6-7H2,1-5H3;8-10,17H,6-7H2,1-5H3;5-7,9,13H,3-4,12H2,1-2H3;1H4/t12-,19-;19-;9-;/m111./s1. The summed E-state index contributed by atoms with van der Waals surface area (Å²) < 4.78 is 30.7. The first-order chi connectivity index (χ1) is 23.5. The number of phenolic OH excluding ortho intramolecular Hbond substituents is 3. The van der Waals surface area contributed by atoms with Gasteiger partial charge in [0, 0.05) is 17.8 Å². The van der Waals surface area contributed by atoms with Gasteiger partial charge in [-0.05, 0) is 173 Å². The van der Waals surface area contributed by atoms with Crippen molar-refractivity contribution in [2.75, 3.05) is 0 Å². The Morgan fingerprint density at radius 3 is 1.44 bits per heavy atom. The van der Waals surface area contributed by atoms with Gasteiger partial charge in [0.1, 0.15) is 28.2 Å². The van der Waals surface area contributed by atoms with E-state index in [-0.39, 0.29) is 29.0 Å². The molecule has 6 N–H and O–H groups in total. The highest BCUT2D eigenvalue weighted by Gasteiger charge is 2.21. The topological polar surface area (TPSA) is 145 Å². The van der Waals surface area contributed by atoms with Crippen molar-refractivity contribution in [1.29, 1.82) is 0 Å². The third-order valence-electron chi connectivity index (χ3n) is 7.94. The number of rotatable bonds is 12. The fourth-order valence-electron chi connectivity index (χ4n) is 4.46. The molecule has 0 aliphatic rings. The molecule has 0 fully saturated rings. The summed E-state index contributed by atoms with van der Waals surface area (Å²) in [4.78, 5) is 0.